The Balaban J connectivity index is 2.27. The predicted octanol–water partition coefficient (Wildman–Crippen LogP) is 2.20. The molecule has 4 heteroatoms. The molecule has 0 bridgehead atoms. The van der Waals surface area contributed by atoms with E-state index in [9.17, 15) is 4.79 Å². The lowest BCUT2D eigenvalue weighted by Gasteiger charge is -2.33. The van der Waals surface area contributed by atoms with Crippen LogP contribution in [0.15, 0.2) is 28.7 Å². The minimum Gasteiger partial charge on any atom is -0.369 e. The molecule has 0 aliphatic carbocycles. The summed E-state index contributed by atoms with van der Waals surface area (Å²) in [6, 6.07) is 7.84. The molecule has 0 aromatic heterocycles. The zero-order valence-corrected chi connectivity index (χ0v) is 10.0. The fraction of sp³-hybridized carbons (Fsp3) is 0.364. The molecule has 0 unspecified atom stereocenters. The van der Waals surface area contributed by atoms with Crippen LogP contribution in [-0.4, -0.2) is 25.2 Å². The number of ether oxygens (including phenoxy) is 1. The molecule has 1 aliphatic rings. The van der Waals surface area contributed by atoms with Crippen LogP contribution in [-0.2, 0) is 9.53 Å². The van der Waals surface area contributed by atoms with Crippen LogP contribution in [0.3, 0.4) is 0 Å². The van der Waals surface area contributed by atoms with Crippen LogP contribution in [0.1, 0.15) is 6.92 Å². The number of carbonyl (C=O) groups is 1. The van der Waals surface area contributed by atoms with E-state index in [1.807, 2.05) is 31.2 Å². The molecule has 1 heterocycles. The van der Waals surface area contributed by atoms with E-state index in [4.69, 9.17) is 4.74 Å². The van der Waals surface area contributed by atoms with E-state index in [0.29, 0.717) is 6.61 Å². The molecule has 1 atom stereocenters. The minimum atomic E-state index is 0.0241. The number of benzene rings is 1. The van der Waals surface area contributed by atoms with Gasteiger partial charge in [0.15, 0.2) is 0 Å². The molecule has 1 aromatic rings. The van der Waals surface area contributed by atoms with Crippen molar-refractivity contribution in [2.75, 3.05) is 18.1 Å². The monoisotopic (exact) mass is 269 g/mol. The van der Waals surface area contributed by atoms with Crippen LogP contribution >= 0.6 is 15.9 Å². The predicted molar refractivity (Wildman–Crippen MR) is 61.9 cm³/mol. The van der Waals surface area contributed by atoms with Gasteiger partial charge in [-0.05, 0) is 31.2 Å². The number of morpholine rings is 1. The second-order valence-electron chi connectivity index (χ2n) is 3.60. The second-order valence-corrected chi connectivity index (χ2v) is 4.52. The second kappa shape index (κ2) is 4.33. The third kappa shape index (κ3) is 2.21. The Labute approximate surface area is 97.2 Å². The lowest BCUT2D eigenvalue weighted by Crippen LogP contribution is -2.48. The van der Waals surface area contributed by atoms with Crippen molar-refractivity contribution in [2.45, 2.75) is 13.0 Å². The van der Waals surface area contributed by atoms with Crippen molar-refractivity contribution in [3.8, 4) is 0 Å². The fourth-order valence-electron chi connectivity index (χ4n) is 1.71. The van der Waals surface area contributed by atoms with Crippen molar-refractivity contribution >= 4 is 27.5 Å². The fourth-order valence-corrected chi connectivity index (χ4v) is 1.97. The lowest BCUT2D eigenvalue weighted by atomic mass is 10.2. The van der Waals surface area contributed by atoms with Gasteiger partial charge in [0.05, 0.1) is 12.6 Å². The van der Waals surface area contributed by atoms with E-state index < -0.39 is 0 Å². The van der Waals surface area contributed by atoms with Gasteiger partial charge in [0, 0.05) is 10.2 Å². The number of halogens is 1. The molecule has 1 aliphatic heterocycles. The smallest absolute Gasteiger partial charge is 0.253 e. The van der Waals surface area contributed by atoms with Gasteiger partial charge in [0.25, 0.3) is 5.91 Å². The molecule has 0 saturated carbocycles. The molecular weight excluding hydrogens is 258 g/mol. The van der Waals surface area contributed by atoms with Crippen molar-refractivity contribution in [3.05, 3.63) is 28.7 Å². The summed E-state index contributed by atoms with van der Waals surface area (Å²) in [6.45, 7) is 2.77. The number of nitrogens with zero attached hydrogens (tertiary/aromatic N) is 1. The summed E-state index contributed by atoms with van der Waals surface area (Å²) in [4.78, 5) is 13.5. The SMILES string of the molecule is C[C@@H]1COCC(=O)N1c1ccc(Br)cc1. The Kier molecular flexibility index (Phi) is 3.07. The van der Waals surface area contributed by atoms with E-state index in [-0.39, 0.29) is 18.6 Å². The van der Waals surface area contributed by atoms with Gasteiger partial charge < -0.3 is 9.64 Å². The average Bonchev–Trinajstić information content (AvgIpc) is 2.20. The number of anilines is 1. The van der Waals surface area contributed by atoms with Crippen molar-refractivity contribution in [2.24, 2.45) is 0 Å². The van der Waals surface area contributed by atoms with Gasteiger partial charge in [-0.15, -0.1) is 0 Å². The van der Waals surface area contributed by atoms with E-state index in [1.54, 1.807) is 4.90 Å². The quantitative estimate of drug-likeness (QED) is 0.783. The first-order chi connectivity index (χ1) is 7.18. The molecule has 0 radical (unpaired) electrons. The van der Waals surface area contributed by atoms with E-state index in [1.165, 1.54) is 0 Å². The van der Waals surface area contributed by atoms with Crippen LogP contribution in [0.4, 0.5) is 5.69 Å². The van der Waals surface area contributed by atoms with Crippen LogP contribution < -0.4 is 4.90 Å². The Bertz CT molecular complexity index is 363. The van der Waals surface area contributed by atoms with E-state index in [2.05, 4.69) is 15.9 Å². The number of hydrogen-bond acceptors (Lipinski definition) is 2. The summed E-state index contributed by atoms with van der Waals surface area (Å²) in [5.74, 6) is 0.0241. The average molecular weight is 270 g/mol. The third-order valence-electron chi connectivity index (χ3n) is 2.40. The Hall–Kier alpha value is -0.870. The Morgan fingerprint density at radius 1 is 1.40 bits per heavy atom. The molecule has 0 N–H and O–H groups in total. The molecule has 0 spiro atoms. The van der Waals surface area contributed by atoms with Crippen LogP contribution in [0.2, 0.25) is 0 Å². The van der Waals surface area contributed by atoms with Gasteiger partial charge in [-0.3, -0.25) is 4.79 Å². The van der Waals surface area contributed by atoms with Crippen LogP contribution in [0.5, 0.6) is 0 Å². The van der Waals surface area contributed by atoms with Crippen molar-refractivity contribution < 1.29 is 9.53 Å². The number of rotatable bonds is 1. The zero-order chi connectivity index (χ0) is 10.8. The number of hydrogen-bond donors (Lipinski definition) is 0. The Morgan fingerprint density at radius 3 is 2.67 bits per heavy atom. The van der Waals surface area contributed by atoms with Gasteiger partial charge in [-0.1, -0.05) is 15.9 Å². The summed E-state index contributed by atoms with van der Waals surface area (Å²) >= 11 is 3.37. The molecule has 2 rings (SSSR count). The summed E-state index contributed by atoms with van der Waals surface area (Å²) in [5, 5.41) is 0. The molecule has 3 nitrogen and oxygen atoms in total. The van der Waals surface area contributed by atoms with Crippen LogP contribution in [0.25, 0.3) is 0 Å². The maximum atomic E-state index is 11.7. The Morgan fingerprint density at radius 2 is 2.07 bits per heavy atom. The first kappa shape index (κ1) is 10.6. The molecular formula is C11H12BrNO2. The van der Waals surface area contributed by atoms with Crippen LogP contribution in [0, 0.1) is 0 Å². The van der Waals surface area contributed by atoms with E-state index >= 15 is 0 Å². The largest absolute Gasteiger partial charge is 0.369 e. The third-order valence-corrected chi connectivity index (χ3v) is 2.93. The lowest BCUT2D eigenvalue weighted by molar-refractivity contribution is -0.127. The highest BCUT2D eigenvalue weighted by atomic mass is 79.9. The molecule has 1 saturated heterocycles. The topological polar surface area (TPSA) is 29.5 Å². The van der Waals surface area contributed by atoms with Crippen molar-refractivity contribution in [3.63, 3.8) is 0 Å². The van der Waals surface area contributed by atoms with Crippen molar-refractivity contribution in [1.82, 2.24) is 0 Å². The summed E-state index contributed by atoms with van der Waals surface area (Å²) in [7, 11) is 0. The minimum absolute atomic E-state index is 0.0241. The first-order valence-electron chi connectivity index (χ1n) is 4.84. The standard InChI is InChI=1S/C11H12BrNO2/c1-8-6-15-7-11(14)13(8)10-4-2-9(12)3-5-10/h2-5,8H,6-7H2,1H3/t8-/m1/s1. The molecule has 1 amide bonds. The highest BCUT2D eigenvalue weighted by Crippen LogP contribution is 2.22. The zero-order valence-electron chi connectivity index (χ0n) is 8.44. The summed E-state index contributed by atoms with van der Waals surface area (Å²) in [5.41, 5.74) is 0.930. The first-order valence-corrected chi connectivity index (χ1v) is 5.63. The highest BCUT2D eigenvalue weighted by Gasteiger charge is 2.26. The van der Waals surface area contributed by atoms with Gasteiger partial charge in [0.2, 0.25) is 0 Å². The van der Waals surface area contributed by atoms with Gasteiger partial charge in [-0.2, -0.15) is 0 Å². The highest BCUT2D eigenvalue weighted by molar-refractivity contribution is 9.10. The van der Waals surface area contributed by atoms with Crippen molar-refractivity contribution in [1.29, 1.82) is 0 Å². The molecule has 1 fully saturated rings. The number of amides is 1. The van der Waals surface area contributed by atoms with E-state index in [0.717, 1.165) is 10.2 Å². The normalized spacial score (nSPS) is 21.9. The van der Waals surface area contributed by atoms with Gasteiger partial charge in [0.1, 0.15) is 6.61 Å². The van der Waals surface area contributed by atoms with Gasteiger partial charge >= 0.3 is 0 Å². The molecule has 80 valence electrons. The number of carbonyl (C=O) groups excluding carboxylic acids is 1. The summed E-state index contributed by atoms with van der Waals surface area (Å²) in [6.07, 6.45) is 0. The maximum absolute atomic E-state index is 11.7. The molecule has 15 heavy (non-hydrogen) atoms. The van der Waals surface area contributed by atoms with Gasteiger partial charge in [-0.25, -0.2) is 0 Å². The maximum Gasteiger partial charge on any atom is 0.253 e. The summed E-state index contributed by atoms with van der Waals surface area (Å²) < 4.78 is 6.18. The molecule has 1 aromatic carbocycles.